The van der Waals surface area contributed by atoms with Crippen LogP contribution >= 0.6 is 11.6 Å². The summed E-state index contributed by atoms with van der Waals surface area (Å²) in [6.07, 6.45) is 0.648. The molecule has 2 aliphatic rings. The Morgan fingerprint density at radius 2 is 2.05 bits per heavy atom. The third-order valence-electron chi connectivity index (χ3n) is 7.08. The molecule has 0 spiro atoms. The van der Waals surface area contributed by atoms with Gasteiger partial charge < -0.3 is 14.5 Å². The lowest BCUT2D eigenvalue weighted by Crippen LogP contribution is -2.36. The minimum atomic E-state index is -4.54. The number of hydrogen-bond acceptors (Lipinski definition) is 6. The first-order chi connectivity index (χ1) is 19.5. The topological polar surface area (TPSA) is 97.9 Å². The van der Waals surface area contributed by atoms with E-state index in [9.17, 15) is 22.8 Å². The molecule has 218 valence electrons. The molecule has 0 bridgehead atoms. The van der Waals surface area contributed by atoms with Crippen molar-refractivity contribution in [3.05, 3.63) is 73.9 Å². The standard InChI is InChI=1S/C27H29ClF3N7O3/c1-35(2)16-32-25(39)24-18-15-36(21-13-33-38(26(40)23(21)28)22-9-5-6-12-41-22)11-10-20(18)37(34-24)14-17-7-3-4-8-19(17)27(29,30)31/h3-4,7-8,13,16,22H,5-6,9-12,14-15H2,1-2H3. The number of benzene rings is 1. The number of rotatable bonds is 6. The highest BCUT2D eigenvalue weighted by atomic mass is 35.5. The van der Waals surface area contributed by atoms with Crippen LogP contribution in [0.3, 0.4) is 0 Å². The first kappa shape index (κ1) is 28.8. The molecular weight excluding hydrogens is 563 g/mol. The van der Waals surface area contributed by atoms with Gasteiger partial charge in [-0.1, -0.05) is 29.8 Å². The summed E-state index contributed by atoms with van der Waals surface area (Å²) in [5, 5.41) is 8.74. The van der Waals surface area contributed by atoms with Gasteiger partial charge in [-0.05, 0) is 30.9 Å². The van der Waals surface area contributed by atoms with Crippen LogP contribution in [-0.2, 0) is 30.4 Å². The molecule has 14 heteroatoms. The Morgan fingerprint density at radius 3 is 2.76 bits per heavy atom. The third-order valence-corrected chi connectivity index (χ3v) is 7.43. The number of amides is 1. The quantitative estimate of drug-likeness (QED) is 0.314. The summed E-state index contributed by atoms with van der Waals surface area (Å²) in [6, 6.07) is 5.29. The molecule has 1 aromatic carbocycles. The summed E-state index contributed by atoms with van der Waals surface area (Å²) in [4.78, 5) is 33.5. The van der Waals surface area contributed by atoms with Crippen LogP contribution < -0.4 is 10.5 Å². The molecule has 41 heavy (non-hydrogen) atoms. The van der Waals surface area contributed by atoms with Gasteiger partial charge in [-0.15, -0.1) is 0 Å². The van der Waals surface area contributed by atoms with E-state index in [0.717, 1.165) is 18.9 Å². The number of nitrogens with zero attached hydrogens (tertiary/aromatic N) is 7. The lowest BCUT2D eigenvalue weighted by Gasteiger charge is -2.30. The summed E-state index contributed by atoms with van der Waals surface area (Å²) < 4.78 is 49.4. The average Bonchev–Trinajstić information content (AvgIpc) is 3.31. The predicted molar refractivity (Wildman–Crippen MR) is 146 cm³/mol. The largest absolute Gasteiger partial charge is 0.416 e. The zero-order valence-corrected chi connectivity index (χ0v) is 23.3. The predicted octanol–water partition coefficient (Wildman–Crippen LogP) is 4.15. The second-order valence-electron chi connectivity index (χ2n) is 10.2. The van der Waals surface area contributed by atoms with Gasteiger partial charge in [0.15, 0.2) is 11.9 Å². The number of carbonyl (C=O) groups is 1. The maximum atomic E-state index is 13.7. The van der Waals surface area contributed by atoms with E-state index in [-0.39, 0.29) is 29.4 Å². The SMILES string of the molecule is CN(C)C=NC(=O)c1nn(Cc2ccccc2C(F)(F)F)c2c1CN(c1cnn(C3CCCCO3)c(=O)c1Cl)CC2. The molecule has 1 atom stereocenters. The van der Waals surface area contributed by atoms with E-state index >= 15 is 0 Å². The maximum absolute atomic E-state index is 13.7. The number of halogens is 4. The molecular formula is C27H29ClF3N7O3. The van der Waals surface area contributed by atoms with E-state index in [0.29, 0.717) is 42.9 Å². The first-order valence-corrected chi connectivity index (χ1v) is 13.5. The number of anilines is 1. The number of aliphatic imine (C=N–C) groups is 1. The number of fused-ring (bicyclic) bond motifs is 1. The van der Waals surface area contributed by atoms with Crippen molar-refractivity contribution in [2.45, 2.75) is 51.2 Å². The van der Waals surface area contributed by atoms with Crippen LogP contribution in [0, 0.1) is 0 Å². The highest BCUT2D eigenvalue weighted by molar-refractivity contribution is 6.33. The fourth-order valence-electron chi connectivity index (χ4n) is 5.10. The molecule has 2 aromatic heterocycles. The zero-order chi connectivity index (χ0) is 29.3. The third kappa shape index (κ3) is 6.01. The van der Waals surface area contributed by atoms with Crippen molar-refractivity contribution in [2.75, 3.05) is 32.1 Å². The van der Waals surface area contributed by atoms with Crippen LogP contribution in [0.5, 0.6) is 0 Å². The number of aromatic nitrogens is 4. The van der Waals surface area contributed by atoms with E-state index in [1.807, 2.05) is 4.90 Å². The van der Waals surface area contributed by atoms with Crippen LogP contribution in [0.4, 0.5) is 18.9 Å². The van der Waals surface area contributed by atoms with Crippen molar-refractivity contribution in [1.29, 1.82) is 0 Å². The monoisotopic (exact) mass is 591 g/mol. The summed E-state index contributed by atoms with van der Waals surface area (Å²) in [5.74, 6) is -0.631. The Labute approximate surface area is 239 Å². The van der Waals surface area contributed by atoms with Crippen LogP contribution in [0.1, 0.15) is 58.4 Å². The Kier molecular flexibility index (Phi) is 8.18. The Bertz CT molecular complexity index is 1530. The molecule has 5 rings (SSSR count). The molecule has 3 aromatic rings. The number of ether oxygens (including phenoxy) is 1. The van der Waals surface area contributed by atoms with Crippen LogP contribution in [0.2, 0.25) is 5.02 Å². The second-order valence-corrected chi connectivity index (χ2v) is 10.6. The van der Waals surface area contributed by atoms with Crippen molar-refractivity contribution >= 4 is 29.5 Å². The van der Waals surface area contributed by atoms with Gasteiger partial charge in [-0.25, -0.2) is 0 Å². The van der Waals surface area contributed by atoms with Gasteiger partial charge >= 0.3 is 6.18 Å². The van der Waals surface area contributed by atoms with Gasteiger partial charge in [0.25, 0.3) is 11.5 Å². The highest BCUT2D eigenvalue weighted by Gasteiger charge is 2.35. The van der Waals surface area contributed by atoms with E-state index in [2.05, 4.69) is 15.2 Å². The van der Waals surface area contributed by atoms with Gasteiger partial charge in [-0.2, -0.15) is 33.0 Å². The molecule has 0 N–H and O–H groups in total. The molecule has 1 amide bonds. The average molecular weight is 592 g/mol. The summed E-state index contributed by atoms with van der Waals surface area (Å²) >= 11 is 6.54. The van der Waals surface area contributed by atoms with Gasteiger partial charge in [-0.3, -0.25) is 14.3 Å². The summed E-state index contributed by atoms with van der Waals surface area (Å²) in [7, 11) is 3.41. The molecule has 0 aliphatic carbocycles. The number of alkyl halides is 3. The normalized spacial score (nSPS) is 17.6. The lowest BCUT2D eigenvalue weighted by molar-refractivity contribution is -0.138. The van der Waals surface area contributed by atoms with Crippen molar-refractivity contribution < 1.29 is 22.7 Å². The van der Waals surface area contributed by atoms with Crippen molar-refractivity contribution in [2.24, 2.45) is 4.99 Å². The van der Waals surface area contributed by atoms with Gasteiger partial charge in [0, 0.05) is 51.5 Å². The highest BCUT2D eigenvalue weighted by Crippen LogP contribution is 2.34. The maximum Gasteiger partial charge on any atom is 0.416 e. The van der Waals surface area contributed by atoms with Crippen molar-refractivity contribution in [3.63, 3.8) is 0 Å². The molecule has 10 nitrogen and oxygen atoms in total. The molecule has 1 saturated heterocycles. The minimum absolute atomic E-state index is 0.0253. The number of hydrogen-bond donors (Lipinski definition) is 0. The van der Waals surface area contributed by atoms with Gasteiger partial charge in [0.1, 0.15) is 5.02 Å². The molecule has 1 unspecified atom stereocenters. The molecule has 0 saturated carbocycles. The Morgan fingerprint density at radius 1 is 1.27 bits per heavy atom. The van der Waals surface area contributed by atoms with Crippen LogP contribution in [-0.4, -0.2) is 64.0 Å². The molecule has 1 fully saturated rings. The fourth-order valence-corrected chi connectivity index (χ4v) is 5.36. The van der Waals surface area contributed by atoms with Crippen molar-refractivity contribution in [1.82, 2.24) is 24.5 Å². The summed E-state index contributed by atoms with van der Waals surface area (Å²) in [6.45, 7) is 0.874. The van der Waals surface area contributed by atoms with Crippen LogP contribution in [0.15, 0.2) is 40.2 Å². The van der Waals surface area contributed by atoms with E-state index in [1.165, 1.54) is 40.1 Å². The van der Waals surface area contributed by atoms with E-state index < -0.39 is 29.4 Å². The van der Waals surface area contributed by atoms with Gasteiger partial charge in [0.2, 0.25) is 0 Å². The van der Waals surface area contributed by atoms with Gasteiger partial charge in [0.05, 0.1) is 30.3 Å². The fraction of sp³-hybridized carbons (Fsp3) is 0.444. The Balaban J connectivity index is 1.50. The van der Waals surface area contributed by atoms with E-state index in [4.69, 9.17) is 16.3 Å². The summed E-state index contributed by atoms with van der Waals surface area (Å²) in [5.41, 5.74) is 0.338. The van der Waals surface area contributed by atoms with Crippen molar-refractivity contribution in [3.8, 4) is 0 Å². The smallest absolute Gasteiger partial charge is 0.369 e. The molecule has 2 aliphatic heterocycles. The van der Waals surface area contributed by atoms with E-state index in [1.54, 1.807) is 19.0 Å². The van der Waals surface area contributed by atoms with Crippen LogP contribution in [0.25, 0.3) is 0 Å². The lowest BCUT2D eigenvalue weighted by atomic mass is 10.0. The Hall–Kier alpha value is -3.71. The molecule has 4 heterocycles. The zero-order valence-electron chi connectivity index (χ0n) is 22.6. The minimum Gasteiger partial charge on any atom is -0.369 e. The first-order valence-electron chi connectivity index (χ1n) is 13.2. The second kappa shape index (κ2) is 11.6. The number of carbonyl (C=O) groups excluding carboxylic acids is 1. The molecule has 0 radical (unpaired) electrons.